The van der Waals surface area contributed by atoms with Crippen molar-refractivity contribution >= 4 is 11.7 Å². The molecule has 0 unspecified atom stereocenters. The topological polar surface area (TPSA) is 49.4 Å². The monoisotopic (exact) mass is 204 g/mol. The lowest BCUT2D eigenvalue weighted by Crippen LogP contribution is -2.29. The maximum Gasteiger partial charge on any atom is 0.243 e. The summed E-state index contributed by atoms with van der Waals surface area (Å²) in [6.45, 7) is 2.46. The summed E-state index contributed by atoms with van der Waals surface area (Å²) < 4.78 is 0. The third-order valence-corrected chi connectivity index (χ3v) is 2.39. The molecule has 1 N–H and O–H groups in total. The van der Waals surface area contributed by atoms with Gasteiger partial charge in [-0.3, -0.25) is 20.0 Å². The Balaban J connectivity index is 2.11. The Morgan fingerprint density at radius 2 is 2.13 bits per heavy atom. The van der Waals surface area contributed by atoms with Gasteiger partial charge in [0.25, 0.3) is 0 Å². The Bertz CT molecular complexity index is 393. The number of nitrogens with zero attached hydrogens (tertiary/aromatic N) is 1. The van der Waals surface area contributed by atoms with Crippen molar-refractivity contribution in [3.8, 4) is 0 Å². The van der Waals surface area contributed by atoms with Crippen molar-refractivity contribution in [2.75, 3.05) is 6.54 Å². The van der Waals surface area contributed by atoms with Gasteiger partial charge < -0.3 is 0 Å². The maximum absolute atomic E-state index is 11.4. The van der Waals surface area contributed by atoms with Crippen molar-refractivity contribution in [3.05, 3.63) is 36.1 Å². The quantitative estimate of drug-likeness (QED) is 0.634. The van der Waals surface area contributed by atoms with Gasteiger partial charge >= 0.3 is 0 Å². The Hall–Kier alpha value is -1.84. The second-order valence-corrected chi connectivity index (χ2v) is 3.70. The average Bonchev–Trinajstić information content (AvgIpc) is 2.50. The molecule has 0 aromatic rings. The van der Waals surface area contributed by atoms with E-state index in [1.165, 1.54) is 6.08 Å². The van der Waals surface area contributed by atoms with Gasteiger partial charge in [0.15, 0.2) is 5.78 Å². The fourth-order valence-corrected chi connectivity index (χ4v) is 1.52. The van der Waals surface area contributed by atoms with Crippen LogP contribution in [0.2, 0.25) is 0 Å². The number of rotatable bonds is 1. The predicted molar refractivity (Wildman–Crippen MR) is 55.4 cm³/mol. The number of carbonyl (C=O) groups excluding carboxylic acids is 2. The molecule has 1 aliphatic heterocycles. The van der Waals surface area contributed by atoms with Crippen molar-refractivity contribution in [2.45, 2.75) is 6.92 Å². The summed E-state index contributed by atoms with van der Waals surface area (Å²) in [6.07, 6.45) is 8.41. The first-order chi connectivity index (χ1) is 7.16. The summed E-state index contributed by atoms with van der Waals surface area (Å²) in [5.41, 5.74) is 3.27. The van der Waals surface area contributed by atoms with Gasteiger partial charge in [0, 0.05) is 11.8 Å². The molecule has 0 bridgehead atoms. The molecule has 2 aliphatic rings. The van der Waals surface area contributed by atoms with E-state index in [0.29, 0.717) is 12.1 Å². The molecule has 4 nitrogen and oxygen atoms in total. The van der Waals surface area contributed by atoms with Gasteiger partial charge in [0.1, 0.15) is 0 Å². The van der Waals surface area contributed by atoms with Crippen molar-refractivity contribution in [3.63, 3.8) is 0 Å². The Kier molecular flexibility index (Phi) is 2.41. The highest BCUT2D eigenvalue weighted by Crippen LogP contribution is 2.12. The van der Waals surface area contributed by atoms with Crippen LogP contribution in [0.4, 0.5) is 0 Å². The zero-order valence-corrected chi connectivity index (χ0v) is 8.43. The third kappa shape index (κ3) is 1.98. The lowest BCUT2D eigenvalue weighted by molar-refractivity contribution is -0.123. The number of hydrogen-bond acceptors (Lipinski definition) is 3. The van der Waals surface area contributed by atoms with Crippen LogP contribution in [0.15, 0.2) is 36.1 Å². The van der Waals surface area contributed by atoms with E-state index in [9.17, 15) is 9.59 Å². The van der Waals surface area contributed by atoms with Crippen LogP contribution in [0.1, 0.15) is 6.92 Å². The second-order valence-electron chi connectivity index (χ2n) is 3.70. The van der Waals surface area contributed by atoms with E-state index in [1.54, 1.807) is 29.4 Å². The van der Waals surface area contributed by atoms with Crippen LogP contribution < -0.4 is 5.43 Å². The first-order valence-electron chi connectivity index (χ1n) is 4.85. The van der Waals surface area contributed by atoms with E-state index in [2.05, 4.69) is 5.43 Å². The zero-order valence-electron chi connectivity index (χ0n) is 8.43. The van der Waals surface area contributed by atoms with Crippen molar-refractivity contribution < 1.29 is 9.59 Å². The number of allylic oxidation sites excluding steroid dienone is 5. The molecule has 0 radical (unpaired) electrons. The Morgan fingerprint density at radius 3 is 2.73 bits per heavy atom. The fraction of sp³-hybridized carbons (Fsp3) is 0.273. The number of ketones is 1. The number of carbonyl (C=O) groups is 2. The van der Waals surface area contributed by atoms with Crippen LogP contribution >= 0.6 is 0 Å². The van der Waals surface area contributed by atoms with Gasteiger partial charge in [0.2, 0.25) is 5.91 Å². The zero-order chi connectivity index (χ0) is 10.8. The molecular formula is C11H12N2O2. The minimum atomic E-state index is -0.0358. The highest BCUT2D eigenvalue weighted by molar-refractivity contribution is 6.07. The molecule has 4 heteroatoms. The summed E-state index contributed by atoms with van der Waals surface area (Å²) in [4.78, 5) is 22.6. The molecule has 2 rings (SSSR count). The maximum atomic E-state index is 11.4. The molecule has 0 aromatic heterocycles. The molecule has 1 heterocycles. The first-order valence-corrected chi connectivity index (χ1v) is 4.85. The molecule has 1 atom stereocenters. The van der Waals surface area contributed by atoms with Crippen LogP contribution in [0.5, 0.6) is 0 Å². The van der Waals surface area contributed by atoms with Crippen molar-refractivity contribution in [2.24, 2.45) is 5.92 Å². The van der Waals surface area contributed by atoms with Gasteiger partial charge in [0.05, 0.1) is 12.5 Å². The van der Waals surface area contributed by atoms with Gasteiger partial charge in [-0.25, -0.2) is 0 Å². The molecule has 1 fully saturated rings. The Morgan fingerprint density at radius 1 is 1.40 bits per heavy atom. The highest BCUT2D eigenvalue weighted by atomic mass is 16.2. The minimum Gasteiger partial charge on any atom is -0.291 e. The largest absolute Gasteiger partial charge is 0.291 e. The lowest BCUT2D eigenvalue weighted by atomic mass is 10.1. The molecule has 1 amide bonds. The van der Waals surface area contributed by atoms with E-state index >= 15 is 0 Å². The summed E-state index contributed by atoms with van der Waals surface area (Å²) in [5, 5.41) is 1.66. The van der Waals surface area contributed by atoms with Crippen LogP contribution in [-0.4, -0.2) is 23.2 Å². The van der Waals surface area contributed by atoms with Gasteiger partial charge in [-0.05, 0) is 12.2 Å². The average molecular weight is 204 g/mol. The molecule has 0 aromatic carbocycles. The highest BCUT2D eigenvalue weighted by Gasteiger charge is 2.25. The van der Waals surface area contributed by atoms with E-state index in [1.807, 2.05) is 6.92 Å². The third-order valence-electron chi connectivity index (χ3n) is 2.39. The molecule has 78 valence electrons. The number of amides is 1. The van der Waals surface area contributed by atoms with Crippen LogP contribution in [-0.2, 0) is 9.59 Å². The number of hydrazine groups is 1. The molecule has 0 saturated carbocycles. The Labute approximate surface area is 87.9 Å². The van der Waals surface area contributed by atoms with Gasteiger partial charge in [-0.2, -0.15) is 0 Å². The molecular weight excluding hydrogens is 192 g/mol. The molecule has 0 spiro atoms. The predicted octanol–water partition coefficient (Wildman–Crippen LogP) is 0.548. The van der Waals surface area contributed by atoms with E-state index < -0.39 is 0 Å². The van der Waals surface area contributed by atoms with Crippen LogP contribution in [0, 0.1) is 5.92 Å². The summed E-state index contributed by atoms with van der Waals surface area (Å²) >= 11 is 0. The van der Waals surface area contributed by atoms with Crippen molar-refractivity contribution in [1.82, 2.24) is 10.4 Å². The minimum absolute atomic E-state index is 0.00497. The number of hydrogen-bond donors (Lipinski definition) is 1. The van der Waals surface area contributed by atoms with E-state index in [4.69, 9.17) is 0 Å². The SMILES string of the molecule is C[C@@H]1CN(/C=C2\C=CC=CC2=O)NC1=O. The van der Waals surface area contributed by atoms with E-state index in [-0.39, 0.29) is 17.6 Å². The fourth-order valence-electron chi connectivity index (χ4n) is 1.52. The lowest BCUT2D eigenvalue weighted by Gasteiger charge is -2.13. The number of nitrogens with one attached hydrogen (secondary N) is 1. The van der Waals surface area contributed by atoms with Gasteiger partial charge in [-0.1, -0.05) is 19.1 Å². The summed E-state index contributed by atoms with van der Waals surface area (Å²) in [7, 11) is 0. The van der Waals surface area contributed by atoms with Gasteiger partial charge in [-0.15, -0.1) is 0 Å². The standard InChI is InChI=1S/C11H12N2O2/c1-8-6-13(12-11(8)15)7-9-4-2-3-5-10(9)14/h2-5,7-8H,6H2,1H3,(H,12,15)/b9-7+/t8-/m1/s1. The first kappa shape index (κ1) is 9.71. The molecule has 1 aliphatic carbocycles. The van der Waals surface area contributed by atoms with Crippen LogP contribution in [0.3, 0.4) is 0 Å². The molecule has 1 saturated heterocycles. The normalized spacial score (nSPS) is 27.7. The van der Waals surface area contributed by atoms with Crippen LogP contribution in [0.25, 0.3) is 0 Å². The summed E-state index contributed by atoms with van der Waals surface area (Å²) in [5.74, 6) is -0.0685. The second kappa shape index (κ2) is 3.73. The van der Waals surface area contributed by atoms with Crippen molar-refractivity contribution in [1.29, 1.82) is 0 Å². The summed E-state index contributed by atoms with van der Waals surface area (Å²) in [6, 6.07) is 0. The molecule has 15 heavy (non-hydrogen) atoms. The smallest absolute Gasteiger partial charge is 0.243 e. The van der Waals surface area contributed by atoms with E-state index in [0.717, 1.165) is 0 Å².